The van der Waals surface area contributed by atoms with Gasteiger partial charge in [0.2, 0.25) is 0 Å². The number of carbonyl (C=O) groups is 2. The molecular weight excluding hydrogens is 518 g/mol. The van der Waals surface area contributed by atoms with Crippen LogP contribution in [0.1, 0.15) is 38.3 Å². The van der Waals surface area contributed by atoms with Crippen molar-refractivity contribution in [3.63, 3.8) is 0 Å². The fourth-order valence-corrected chi connectivity index (χ4v) is 5.18. The Kier molecular flexibility index (Phi) is 9.15. The van der Waals surface area contributed by atoms with Crippen LogP contribution in [0.5, 0.6) is 0 Å². The number of nitrogens with zero attached hydrogens (tertiary/aromatic N) is 2. The number of carboxylic acid groups (broad SMARTS) is 1. The van der Waals surface area contributed by atoms with Crippen molar-refractivity contribution >= 4 is 39.9 Å². The summed E-state index contributed by atoms with van der Waals surface area (Å²) < 4.78 is 0. The summed E-state index contributed by atoms with van der Waals surface area (Å²) in [4.78, 5) is 31.4. The van der Waals surface area contributed by atoms with E-state index in [0.29, 0.717) is 12.1 Å². The Labute approximate surface area is 231 Å². The molecule has 38 heavy (non-hydrogen) atoms. The van der Waals surface area contributed by atoms with Crippen molar-refractivity contribution in [2.75, 3.05) is 18.0 Å². The maximum absolute atomic E-state index is 12.3. The lowest BCUT2D eigenvalue weighted by molar-refractivity contribution is -0.136. The topological polar surface area (TPSA) is 82.5 Å². The third-order valence-electron chi connectivity index (χ3n) is 6.23. The molecule has 0 aliphatic carbocycles. The van der Waals surface area contributed by atoms with Crippen LogP contribution in [0.2, 0.25) is 5.02 Å². The number of halogens is 1. The Morgan fingerprint density at radius 2 is 1.74 bits per heavy atom. The molecule has 0 atom stereocenters. The predicted octanol–water partition coefficient (Wildman–Crippen LogP) is 6.53. The Morgan fingerprint density at radius 3 is 2.42 bits per heavy atom. The van der Waals surface area contributed by atoms with Crippen molar-refractivity contribution in [1.82, 2.24) is 10.3 Å². The molecule has 2 N–H and O–H groups in total. The number of benzene rings is 3. The van der Waals surface area contributed by atoms with Gasteiger partial charge in [0.05, 0.1) is 12.1 Å². The number of hydrogen-bond donors (Lipinski definition) is 2. The van der Waals surface area contributed by atoms with E-state index >= 15 is 0 Å². The normalized spacial score (nSPS) is 10.8. The van der Waals surface area contributed by atoms with E-state index in [4.69, 9.17) is 21.7 Å². The van der Waals surface area contributed by atoms with E-state index in [2.05, 4.69) is 35.3 Å². The molecule has 0 saturated heterocycles. The number of aryl methyl sites for hydroxylation is 2. The number of carboxylic acids is 1. The summed E-state index contributed by atoms with van der Waals surface area (Å²) in [6.45, 7) is 5.58. The molecule has 0 saturated carbocycles. The quantitative estimate of drug-likeness (QED) is 0.223. The first-order valence-electron chi connectivity index (χ1n) is 12.4. The van der Waals surface area contributed by atoms with Crippen molar-refractivity contribution in [2.24, 2.45) is 0 Å². The Morgan fingerprint density at radius 1 is 1.00 bits per heavy atom. The Hall–Kier alpha value is -3.68. The molecule has 4 rings (SSSR count). The highest BCUT2D eigenvalue weighted by Crippen LogP contribution is 2.35. The van der Waals surface area contributed by atoms with Gasteiger partial charge in [-0.3, -0.25) is 9.59 Å². The van der Waals surface area contributed by atoms with Crippen LogP contribution in [-0.2, 0) is 17.8 Å². The number of aromatic nitrogens is 1. The molecule has 0 bridgehead atoms. The molecule has 1 heterocycles. The number of anilines is 1. The molecule has 0 fully saturated rings. The van der Waals surface area contributed by atoms with E-state index in [1.165, 1.54) is 5.56 Å². The zero-order valence-corrected chi connectivity index (χ0v) is 23.0. The number of thiazole rings is 1. The monoisotopic (exact) mass is 547 g/mol. The number of hydrogen-bond acceptors (Lipinski definition) is 5. The maximum atomic E-state index is 12.3. The fourth-order valence-electron chi connectivity index (χ4n) is 4.04. The van der Waals surface area contributed by atoms with E-state index in [1.54, 1.807) is 23.5 Å². The van der Waals surface area contributed by atoms with Crippen LogP contribution in [0.25, 0.3) is 11.3 Å². The van der Waals surface area contributed by atoms with Gasteiger partial charge in [0, 0.05) is 40.7 Å². The zero-order chi connectivity index (χ0) is 27.1. The SMILES string of the molecule is Cc1ccc(-c2nc(N(CCc3ccccc3)Cc3ccc(C(=O)NCCC(=O)O)cc3)sc2C)cc1Cl. The summed E-state index contributed by atoms with van der Waals surface area (Å²) in [5.74, 6) is -1.22. The molecule has 0 radical (unpaired) electrons. The summed E-state index contributed by atoms with van der Waals surface area (Å²) in [5, 5.41) is 13.1. The van der Waals surface area contributed by atoms with Crippen molar-refractivity contribution in [3.8, 4) is 11.3 Å². The highest BCUT2D eigenvalue weighted by Gasteiger charge is 2.17. The lowest BCUT2D eigenvalue weighted by Gasteiger charge is -2.22. The van der Waals surface area contributed by atoms with E-state index < -0.39 is 5.97 Å². The molecular formula is C30H30ClN3O3S. The van der Waals surface area contributed by atoms with Crippen molar-refractivity contribution in [3.05, 3.63) is 105 Å². The highest BCUT2D eigenvalue weighted by atomic mass is 35.5. The summed E-state index contributed by atoms with van der Waals surface area (Å²) in [6.07, 6.45) is 0.763. The molecule has 0 unspecified atom stereocenters. The summed E-state index contributed by atoms with van der Waals surface area (Å²) >= 11 is 8.06. The van der Waals surface area contributed by atoms with Crippen molar-refractivity contribution in [2.45, 2.75) is 33.2 Å². The molecule has 3 aromatic carbocycles. The first kappa shape index (κ1) is 27.4. The van der Waals surface area contributed by atoms with Crippen LogP contribution in [0.3, 0.4) is 0 Å². The predicted molar refractivity (Wildman–Crippen MR) is 154 cm³/mol. The van der Waals surface area contributed by atoms with Gasteiger partial charge < -0.3 is 15.3 Å². The molecule has 1 aromatic heterocycles. The third kappa shape index (κ3) is 7.21. The minimum absolute atomic E-state index is 0.0983. The lowest BCUT2D eigenvalue weighted by atomic mass is 10.1. The first-order valence-corrected chi connectivity index (χ1v) is 13.6. The summed E-state index contributed by atoms with van der Waals surface area (Å²) in [5.41, 5.74) is 5.77. The van der Waals surface area contributed by atoms with E-state index in [0.717, 1.165) is 50.4 Å². The highest BCUT2D eigenvalue weighted by molar-refractivity contribution is 7.16. The smallest absolute Gasteiger partial charge is 0.305 e. The summed E-state index contributed by atoms with van der Waals surface area (Å²) in [7, 11) is 0. The minimum atomic E-state index is -0.942. The van der Waals surface area contributed by atoms with Crippen LogP contribution in [0.4, 0.5) is 5.13 Å². The number of nitrogens with one attached hydrogen (secondary N) is 1. The average Bonchev–Trinajstić information content (AvgIpc) is 3.30. The molecule has 6 nitrogen and oxygen atoms in total. The first-order chi connectivity index (χ1) is 18.3. The van der Waals surface area contributed by atoms with Gasteiger partial charge in [-0.2, -0.15) is 0 Å². The minimum Gasteiger partial charge on any atom is -0.481 e. The second kappa shape index (κ2) is 12.7. The molecule has 0 aliphatic rings. The second-order valence-electron chi connectivity index (χ2n) is 9.12. The van der Waals surface area contributed by atoms with E-state index in [1.807, 2.05) is 49.4 Å². The van der Waals surface area contributed by atoms with E-state index in [9.17, 15) is 9.59 Å². The fraction of sp³-hybridized carbons (Fsp3) is 0.233. The van der Waals surface area contributed by atoms with Crippen LogP contribution in [0, 0.1) is 13.8 Å². The lowest BCUT2D eigenvalue weighted by Crippen LogP contribution is -2.26. The van der Waals surface area contributed by atoms with Crippen LogP contribution >= 0.6 is 22.9 Å². The van der Waals surface area contributed by atoms with E-state index in [-0.39, 0.29) is 18.9 Å². The molecule has 0 spiro atoms. The number of aliphatic carboxylic acids is 1. The average molecular weight is 548 g/mol. The molecule has 8 heteroatoms. The zero-order valence-electron chi connectivity index (χ0n) is 21.4. The van der Waals surface area contributed by atoms with Crippen molar-refractivity contribution in [1.29, 1.82) is 0 Å². The third-order valence-corrected chi connectivity index (χ3v) is 7.67. The van der Waals surface area contributed by atoms with Gasteiger partial charge in [0.15, 0.2) is 5.13 Å². The largest absolute Gasteiger partial charge is 0.481 e. The van der Waals surface area contributed by atoms with Gasteiger partial charge in [0.1, 0.15) is 0 Å². The van der Waals surface area contributed by atoms with Gasteiger partial charge in [-0.15, -0.1) is 11.3 Å². The second-order valence-corrected chi connectivity index (χ2v) is 10.7. The maximum Gasteiger partial charge on any atom is 0.305 e. The number of amides is 1. The van der Waals surface area contributed by atoms with Gasteiger partial charge in [0.25, 0.3) is 5.91 Å². The van der Waals surface area contributed by atoms with Crippen LogP contribution in [-0.4, -0.2) is 35.1 Å². The number of rotatable bonds is 11. The van der Waals surface area contributed by atoms with Crippen LogP contribution in [0.15, 0.2) is 72.8 Å². The standard InChI is InChI=1S/C30H30ClN3O3S/c1-20-8-11-25(18-26(20)31)28-21(2)38-30(33-28)34(17-15-22-6-4-3-5-7-22)19-23-9-12-24(13-10-23)29(37)32-16-14-27(35)36/h3-13,18H,14-17,19H2,1-2H3,(H,32,37)(H,35,36). The van der Waals surface area contributed by atoms with Gasteiger partial charge >= 0.3 is 5.97 Å². The number of carbonyl (C=O) groups excluding carboxylic acids is 1. The molecule has 0 aliphatic heterocycles. The Balaban J connectivity index is 1.54. The molecule has 196 valence electrons. The van der Waals surface area contributed by atoms with Crippen LogP contribution < -0.4 is 10.2 Å². The van der Waals surface area contributed by atoms with Gasteiger partial charge in [-0.25, -0.2) is 4.98 Å². The Bertz CT molecular complexity index is 1400. The molecule has 4 aromatic rings. The van der Waals surface area contributed by atoms with Gasteiger partial charge in [-0.1, -0.05) is 66.2 Å². The van der Waals surface area contributed by atoms with Crippen molar-refractivity contribution < 1.29 is 14.7 Å². The summed E-state index contributed by atoms with van der Waals surface area (Å²) in [6, 6.07) is 23.8. The molecule has 1 amide bonds. The van der Waals surface area contributed by atoms with Gasteiger partial charge in [-0.05, 0) is 55.2 Å².